The van der Waals surface area contributed by atoms with Gasteiger partial charge in [-0.25, -0.2) is 0 Å². The van der Waals surface area contributed by atoms with Crippen molar-refractivity contribution in [2.45, 2.75) is 32.8 Å². The quantitative estimate of drug-likeness (QED) is 0.652. The zero-order valence-electron chi connectivity index (χ0n) is 11.4. The van der Waals surface area contributed by atoms with Crippen molar-refractivity contribution in [2.75, 3.05) is 25.1 Å². The summed E-state index contributed by atoms with van der Waals surface area (Å²) in [6.07, 6.45) is 1.64. The van der Waals surface area contributed by atoms with Crippen LogP contribution in [0.4, 0.5) is 5.69 Å². The van der Waals surface area contributed by atoms with Crippen molar-refractivity contribution in [1.29, 1.82) is 0 Å². The van der Waals surface area contributed by atoms with Gasteiger partial charge in [0.25, 0.3) is 0 Å². The second-order valence-corrected chi connectivity index (χ2v) is 6.28. The van der Waals surface area contributed by atoms with Gasteiger partial charge in [0, 0.05) is 22.1 Å². The summed E-state index contributed by atoms with van der Waals surface area (Å²) < 4.78 is 7.36. The van der Waals surface area contributed by atoms with Crippen LogP contribution in [0.15, 0.2) is 21.1 Å². The third kappa shape index (κ3) is 6.25. The average Bonchev–Trinajstić information content (AvgIpc) is 2.33. The molecular formula is C14H21Br2NO2. The van der Waals surface area contributed by atoms with Crippen LogP contribution in [0.1, 0.15) is 25.3 Å². The first-order chi connectivity index (χ1) is 9.04. The monoisotopic (exact) mass is 393 g/mol. The van der Waals surface area contributed by atoms with E-state index in [1.807, 2.05) is 19.1 Å². The Morgan fingerprint density at radius 1 is 1.32 bits per heavy atom. The Balaban J connectivity index is 2.40. The lowest BCUT2D eigenvalue weighted by Crippen LogP contribution is -2.25. The molecule has 1 rings (SSSR count). The van der Waals surface area contributed by atoms with E-state index in [1.54, 1.807) is 0 Å². The van der Waals surface area contributed by atoms with Crippen molar-refractivity contribution in [3.8, 4) is 0 Å². The number of anilines is 1. The van der Waals surface area contributed by atoms with E-state index in [0.29, 0.717) is 19.8 Å². The van der Waals surface area contributed by atoms with Crippen LogP contribution in [0.25, 0.3) is 0 Å². The molecule has 1 aromatic rings. The Morgan fingerprint density at radius 2 is 1.95 bits per heavy atom. The fraction of sp³-hybridized carbons (Fsp3) is 0.571. The maximum Gasteiger partial charge on any atom is 0.0945 e. The molecule has 0 aromatic heterocycles. The van der Waals surface area contributed by atoms with E-state index in [0.717, 1.165) is 27.5 Å². The van der Waals surface area contributed by atoms with Crippen molar-refractivity contribution in [3.63, 3.8) is 0 Å². The van der Waals surface area contributed by atoms with Gasteiger partial charge in [-0.15, -0.1) is 0 Å². The lowest BCUT2D eigenvalue weighted by molar-refractivity contribution is 0.0421. The molecule has 0 saturated carbocycles. The first kappa shape index (κ1) is 17.0. The Hall–Kier alpha value is -0.100. The average molecular weight is 395 g/mol. The van der Waals surface area contributed by atoms with Gasteiger partial charge in [-0.05, 0) is 62.9 Å². The second-order valence-electron chi connectivity index (χ2n) is 4.57. The Bertz CT molecular complexity index is 376. The summed E-state index contributed by atoms with van der Waals surface area (Å²) in [5, 5.41) is 13.1. The number of hydrogen-bond acceptors (Lipinski definition) is 3. The van der Waals surface area contributed by atoms with Crippen LogP contribution in [0.2, 0.25) is 0 Å². The van der Waals surface area contributed by atoms with Gasteiger partial charge in [-0.3, -0.25) is 0 Å². The van der Waals surface area contributed by atoms with Crippen LogP contribution in [0.3, 0.4) is 0 Å². The fourth-order valence-electron chi connectivity index (χ4n) is 1.61. The summed E-state index contributed by atoms with van der Waals surface area (Å²) in [5.41, 5.74) is 2.13. The zero-order chi connectivity index (χ0) is 14.3. The number of aryl methyl sites for hydroxylation is 1. The summed E-state index contributed by atoms with van der Waals surface area (Å²) in [7, 11) is 0. The number of nitrogens with one attached hydrogen (secondary N) is 1. The van der Waals surface area contributed by atoms with Gasteiger partial charge in [0.15, 0.2) is 0 Å². The molecular weight excluding hydrogens is 374 g/mol. The third-order valence-corrected chi connectivity index (χ3v) is 3.90. The maximum absolute atomic E-state index is 9.83. The van der Waals surface area contributed by atoms with Crippen molar-refractivity contribution >= 4 is 37.5 Å². The van der Waals surface area contributed by atoms with Gasteiger partial charge < -0.3 is 15.2 Å². The molecule has 2 N–H and O–H groups in total. The molecule has 19 heavy (non-hydrogen) atoms. The molecule has 1 atom stereocenters. The van der Waals surface area contributed by atoms with Crippen LogP contribution in [-0.4, -0.2) is 31.0 Å². The number of halogens is 2. The van der Waals surface area contributed by atoms with Gasteiger partial charge >= 0.3 is 0 Å². The predicted octanol–water partition coefficient (Wildman–Crippen LogP) is 4.11. The highest BCUT2D eigenvalue weighted by Gasteiger charge is 2.09. The number of rotatable bonds is 8. The van der Waals surface area contributed by atoms with Gasteiger partial charge in [0.1, 0.15) is 0 Å². The van der Waals surface area contributed by atoms with Gasteiger partial charge in [0.2, 0.25) is 0 Å². The molecule has 5 heteroatoms. The first-order valence-corrected chi connectivity index (χ1v) is 8.08. The van der Waals surface area contributed by atoms with Crippen molar-refractivity contribution < 1.29 is 9.84 Å². The van der Waals surface area contributed by atoms with E-state index < -0.39 is 6.10 Å². The van der Waals surface area contributed by atoms with E-state index in [9.17, 15) is 5.11 Å². The normalized spacial score (nSPS) is 12.5. The lowest BCUT2D eigenvalue weighted by atomic mass is 10.2. The fourth-order valence-corrected chi connectivity index (χ4v) is 3.31. The largest absolute Gasteiger partial charge is 0.389 e. The Morgan fingerprint density at radius 3 is 2.53 bits per heavy atom. The molecule has 0 heterocycles. The molecule has 0 aliphatic carbocycles. The summed E-state index contributed by atoms with van der Waals surface area (Å²) >= 11 is 7.03. The van der Waals surface area contributed by atoms with Crippen LogP contribution >= 0.6 is 31.9 Å². The van der Waals surface area contributed by atoms with E-state index in [-0.39, 0.29) is 0 Å². The number of hydrogen-bond donors (Lipinski definition) is 2. The van der Waals surface area contributed by atoms with Gasteiger partial charge in [0.05, 0.1) is 18.4 Å². The molecule has 0 aliphatic heterocycles. The minimum absolute atomic E-state index is 0.369. The van der Waals surface area contributed by atoms with Gasteiger partial charge in [-0.2, -0.15) is 0 Å². The van der Waals surface area contributed by atoms with Crippen molar-refractivity contribution in [1.82, 2.24) is 0 Å². The molecule has 0 aliphatic rings. The molecule has 0 fully saturated rings. The zero-order valence-corrected chi connectivity index (χ0v) is 14.6. The van der Waals surface area contributed by atoms with Crippen molar-refractivity contribution in [3.05, 3.63) is 26.6 Å². The summed E-state index contributed by atoms with van der Waals surface area (Å²) in [6, 6.07) is 4.08. The molecule has 108 valence electrons. The van der Waals surface area contributed by atoms with E-state index in [4.69, 9.17) is 4.74 Å². The summed E-state index contributed by atoms with van der Waals surface area (Å²) in [6.45, 7) is 5.70. The molecule has 0 bridgehead atoms. The third-order valence-electron chi connectivity index (χ3n) is 2.65. The van der Waals surface area contributed by atoms with E-state index >= 15 is 0 Å². The highest BCUT2D eigenvalue weighted by molar-refractivity contribution is 9.11. The number of benzene rings is 1. The lowest BCUT2D eigenvalue weighted by Gasteiger charge is -2.15. The van der Waals surface area contributed by atoms with Crippen molar-refractivity contribution in [2.24, 2.45) is 0 Å². The summed E-state index contributed by atoms with van der Waals surface area (Å²) in [5.74, 6) is 0. The van der Waals surface area contributed by atoms with E-state index in [2.05, 4.69) is 44.1 Å². The Labute approximate surface area is 132 Å². The number of aliphatic hydroxyl groups is 1. The Kier molecular flexibility index (Phi) is 7.99. The van der Waals surface area contributed by atoms with Crippen LogP contribution in [-0.2, 0) is 4.74 Å². The van der Waals surface area contributed by atoms with Gasteiger partial charge in [-0.1, -0.05) is 13.3 Å². The maximum atomic E-state index is 9.83. The number of ether oxygens (including phenoxy) is 1. The molecule has 0 saturated heterocycles. The summed E-state index contributed by atoms with van der Waals surface area (Å²) in [4.78, 5) is 0. The van der Waals surface area contributed by atoms with Crippen LogP contribution in [0, 0.1) is 6.92 Å². The molecule has 0 amide bonds. The SMILES string of the molecule is CCCCOCC(O)CNc1c(Br)cc(C)cc1Br. The number of unbranched alkanes of at least 4 members (excludes halogenated alkanes) is 1. The van der Waals surface area contributed by atoms with E-state index in [1.165, 1.54) is 5.56 Å². The predicted molar refractivity (Wildman–Crippen MR) is 86.8 cm³/mol. The smallest absolute Gasteiger partial charge is 0.0945 e. The topological polar surface area (TPSA) is 41.5 Å². The standard InChI is InChI=1S/C14H21Br2NO2/c1-3-4-5-19-9-11(18)8-17-14-12(15)6-10(2)7-13(14)16/h6-7,11,17-18H,3-5,8-9H2,1-2H3. The minimum atomic E-state index is -0.503. The van der Waals surface area contributed by atoms with Crippen LogP contribution in [0.5, 0.6) is 0 Å². The highest BCUT2D eigenvalue weighted by Crippen LogP contribution is 2.32. The molecule has 1 aromatic carbocycles. The first-order valence-electron chi connectivity index (χ1n) is 6.50. The molecule has 0 spiro atoms. The highest BCUT2D eigenvalue weighted by atomic mass is 79.9. The minimum Gasteiger partial charge on any atom is -0.389 e. The molecule has 0 radical (unpaired) electrons. The molecule has 1 unspecified atom stereocenters. The molecule has 3 nitrogen and oxygen atoms in total. The number of aliphatic hydroxyl groups excluding tert-OH is 1. The van der Waals surface area contributed by atoms with Crippen LogP contribution < -0.4 is 5.32 Å². The second kappa shape index (κ2) is 8.95.